The van der Waals surface area contributed by atoms with Gasteiger partial charge in [0.15, 0.2) is 22.6 Å². The van der Waals surface area contributed by atoms with Gasteiger partial charge in [-0.3, -0.25) is 4.79 Å². The number of benzene rings is 4. The van der Waals surface area contributed by atoms with Crippen LogP contribution in [-0.4, -0.2) is 84.1 Å². The molecule has 370 valence electrons. The molecule has 16 heteroatoms. The molecule has 6 heterocycles. The first-order chi connectivity index (χ1) is 35.8. The third-order valence-corrected chi connectivity index (χ3v) is 14.2. The Bertz CT molecular complexity index is 3790. The largest absolute Gasteiger partial charge is 0.453 e. The van der Waals surface area contributed by atoms with Crippen molar-refractivity contribution < 1.29 is 28.6 Å². The van der Waals surface area contributed by atoms with Gasteiger partial charge in [0, 0.05) is 90.3 Å². The van der Waals surface area contributed by atoms with E-state index in [1.54, 1.807) is 16.1 Å². The molecule has 0 spiro atoms. The minimum absolute atomic E-state index is 0.102. The number of amides is 2. The molecule has 0 atom stereocenters. The number of alkyl carbamates (subject to hydrolysis) is 2. The third kappa shape index (κ3) is 8.61. The van der Waals surface area contributed by atoms with E-state index < -0.39 is 23.3 Å². The molecule has 2 fully saturated rings. The topological polar surface area (TPSA) is 189 Å². The van der Waals surface area contributed by atoms with E-state index in [9.17, 15) is 14.4 Å². The molecule has 0 unspecified atom stereocenters. The first kappa shape index (κ1) is 47.4. The Hall–Kier alpha value is -8.89. The van der Waals surface area contributed by atoms with Gasteiger partial charge in [-0.2, -0.15) is 19.2 Å². The van der Waals surface area contributed by atoms with E-state index in [-0.39, 0.29) is 24.2 Å². The fourth-order valence-electron chi connectivity index (χ4n) is 10.5. The number of rotatable bonds is 9. The normalized spacial score (nSPS) is 17.8. The van der Waals surface area contributed by atoms with Gasteiger partial charge < -0.3 is 24.8 Å². The lowest BCUT2D eigenvalue weighted by molar-refractivity contribution is -0.129. The van der Waals surface area contributed by atoms with E-state index in [4.69, 9.17) is 24.2 Å². The van der Waals surface area contributed by atoms with Crippen LogP contribution < -0.4 is 10.6 Å². The predicted octanol–water partition coefficient (Wildman–Crippen LogP) is 10.5. The highest BCUT2D eigenvalue weighted by Crippen LogP contribution is 2.50. The van der Waals surface area contributed by atoms with E-state index >= 15 is 0 Å². The van der Waals surface area contributed by atoms with Crippen molar-refractivity contribution in [1.29, 1.82) is 0 Å². The Kier molecular flexibility index (Phi) is 11.9. The minimum atomic E-state index is -0.744. The van der Waals surface area contributed by atoms with Gasteiger partial charge in [-0.15, -0.1) is 0 Å². The second-order valence-corrected chi connectivity index (χ2v) is 19.4. The number of nitrogens with zero attached hydrogens (tertiary/aromatic N) is 8. The van der Waals surface area contributed by atoms with Crippen molar-refractivity contribution in [2.24, 2.45) is 0 Å². The van der Waals surface area contributed by atoms with E-state index in [0.717, 1.165) is 101 Å². The number of carbonyl (C=O) groups is 3. The van der Waals surface area contributed by atoms with Crippen LogP contribution >= 0.6 is 0 Å². The van der Waals surface area contributed by atoms with Gasteiger partial charge in [-0.05, 0) is 55.2 Å². The molecule has 2 N–H and O–H groups in total. The van der Waals surface area contributed by atoms with Gasteiger partial charge >= 0.3 is 12.2 Å². The summed E-state index contributed by atoms with van der Waals surface area (Å²) >= 11 is 0. The number of ether oxygens (including phenoxy) is 3. The highest BCUT2D eigenvalue weighted by atomic mass is 16.5. The van der Waals surface area contributed by atoms with Crippen LogP contribution in [0.5, 0.6) is 0 Å². The van der Waals surface area contributed by atoms with Gasteiger partial charge in [-0.25, -0.2) is 29.5 Å². The molecule has 0 saturated heterocycles. The first-order valence-corrected chi connectivity index (χ1v) is 24.2. The molecule has 74 heavy (non-hydrogen) atoms. The maximum Gasteiger partial charge on any atom is 0.407 e. The zero-order valence-corrected chi connectivity index (χ0v) is 41.7. The van der Waals surface area contributed by atoms with Crippen LogP contribution in [0.4, 0.5) is 9.59 Å². The summed E-state index contributed by atoms with van der Waals surface area (Å²) in [6, 6.07) is 44.5. The number of Topliss-reactive ketones (excluding diaryl/α,β-unsaturated/α-hetero) is 1. The number of methoxy groups -OCH3 is 3. The number of pyridine rings is 2. The van der Waals surface area contributed by atoms with Crippen molar-refractivity contribution >= 4 is 51.3 Å². The number of nitrogens with one attached hydrogen (secondary N) is 2. The van der Waals surface area contributed by atoms with Crippen LogP contribution in [-0.2, 0) is 30.1 Å². The Balaban J connectivity index is 0.000000159. The number of fused-ring (bicyclic) bond motifs is 6. The molecule has 12 rings (SSSR count). The average Bonchev–Trinajstić information content (AvgIpc) is 4.01. The van der Waals surface area contributed by atoms with Gasteiger partial charge in [0.05, 0.1) is 53.7 Å². The Morgan fingerprint density at radius 2 is 0.973 bits per heavy atom. The molecule has 2 aliphatic rings. The van der Waals surface area contributed by atoms with Crippen molar-refractivity contribution in [3.8, 4) is 44.8 Å². The molecule has 2 aliphatic carbocycles. The summed E-state index contributed by atoms with van der Waals surface area (Å²) in [5.74, 6) is 0.102. The first-order valence-electron chi connectivity index (χ1n) is 24.2. The monoisotopic (exact) mass is 984 g/mol. The molecule has 0 radical (unpaired) electrons. The standard InChI is InChI=1S/C30H29N5O3.C28H23N5O3/c1-19-14-25-31-16-22-15-24(20-8-6-5-7-9-20)26(32-27(22)35(25)34-19)21-10-12-23(13-11-21)30(33-28(36)37-3)17-29(2,18-30)38-4;1-17-12-24-29-16-20-13-23(18-6-4-3-5-7-18)25(30-26(20)33(24)32-17)19-8-10-21(11-9-19)28(14-22(34)15-28)31-27(35)36-2/h5-16H,17-18H2,1-4H3,(H,33,36);3-13,16H,14-15H2,1-2H3,(H,31,35). The highest BCUT2D eigenvalue weighted by molar-refractivity contribution is 5.93. The molecule has 16 nitrogen and oxygen atoms in total. The van der Waals surface area contributed by atoms with Crippen LogP contribution in [0.1, 0.15) is 55.1 Å². The highest BCUT2D eigenvalue weighted by Gasteiger charge is 2.54. The van der Waals surface area contributed by atoms with Crippen LogP contribution in [0.25, 0.3) is 78.1 Å². The molecule has 0 aliphatic heterocycles. The number of hydrogen-bond acceptors (Lipinski definition) is 12. The van der Waals surface area contributed by atoms with E-state index in [1.807, 2.05) is 99.0 Å². The van der Waals surface area contributed by atoms with Crippen LogP contribution in [0.2, 0.25) is 0 Å². The molecule has 2 saturated carbocycles. The number of carbonyl (C=O) groups excluding carboxylic acids is 3. The summed E-state index contributed by atoms with van der Waals surface area (Å²) in [7, 11) is 4.40. The SMILES string of the molecule is COC(=O)NC1(c2ccc(-c3nc4c(cnc5cc(C)nn54)cc3-c3ccccc3)cc2)CC(=O)C1.COC(=O)NC1(c2ccc(-c3nc4c(cnc5cc(C)nn54)cc3-c3ccccc3)cc2)CC(C)(OC)C1. The van der Waals surface area contributed by atoms with Gasteiger partial charge in [0.2, 0.25) is 0 Å². The number of hydrogen-bond donors (Lipinski definition) is 2. The van der Waals surface area contributed by atoms with Gasteiger partial charge in [0.1, 0.15) is 5.78 Å². The van der Waals surface area contributed by atoms with Crippen LogP contribution in [0.3, 0.4) is 0 Å². The molecule has 4 aromatic carbocycles. The Labute approximate surface area is 425 Å². The Morgan fingerprint density at radius 1 is 0.554 bits per heavy atom. The summed E-state index contributed by atoms with van der Waals surface area (Å²) in [4.78, 5) is 55.4. The quantitative estimate of drug-likeness (QED) is 0.139. The van der Waals surface area contributed by atoms with Crippen LogP contribution in [0.15, 0.2) is 146 Å². The number of ketones is 1. The number of aryl methyl sites for hydroxylation is 2. The second kappa shape index (κ2) is 18.6. The fraction of sp³-hybridized carbons (Fsp3) is 0.224. The molecule has 2 amide bonds. The smallest absolute Gasteiger partial charge is 0.407 e. The van der Waals surface area contributed by atoms with Crippen molar-refractivity contribution in [2.75, 3.05) is 21.3 Å². The van der Waals surface area contributed by atoms with Crippen molar-refractivity contribution in [3.05, 3.63) is 168 Å². The summed E-state index contributed by atoms with van der Waals surface area (Å²) in [6.07, 6.45) is 4.46. The summed E-state index contributed by atoms with van der Waals surface area (Å²) in [5, 5.41) is 16.9. The summed E-state index contributed by atoms with van der Waals surface area (Å²) in [6.45, 7) is 5.93. The molecule has 10 aromatic rings. The van der Waals surface area contributed by atoms with Gasteiger partial charge in [0.25, 0.3) is 0 Å². The zero-order valence-electron chi connectivity index (χ0n) is 41.7. The average molecular weight is 985 g/mol. The zero-order chi connectivity index (χ0) is 51.4. The molecule has 0 bridgehead atoms. The van der Waals surface area contributed by atoms with Crippen molar-refractivity contribution in [1.82, 2.24) is 49.8 Å². The van der Waals surface area contributed by atoms with E-state index in [0.29, 0.717) is 12.8 Å². The maximum absolute atomic E-state index is 12.2. The fourth-order valence-corrected chi connectivity index (χ4v) is 10.5. The maximum atomic E-state index is 12.2. The minimum Gasteiger partial charge on any atom is -0.453 e. The molecular weight excluding hydrogens is 933 g/mol. The van der Waals surface area contributed by atoms with Crippen molar-refractivity contribution in [3.63, 3.8) is 0 Å². The van der Waals surface area contributed by atoms with E-state index in [1.165, 1.54) is 14.2 Å². The summed E-state index contributed by atoms with van der Waals surface area (Å²) in [5.41, 5.74) is 12.6. The molecular formula is C58H52N10O6. The van der Waals surface area contributed by atoms with Crippen molar-refractivity contribution in [2.45, 2.75) is 63.1 Å². The lowest BCUT2D eigenvalue weighted by Gasteiger charge is -2.54. The molecule has 6 aromatic heterocycles. The predicted molar refractivity (Wildman–Crippen MR) is 281 cm³/mol. The number of aromatic nitrogens is 8. The van der Waals surface area contributed by atoms with E-state index in [2.05, 4.69) is 98.4 Å². The second-order valence-electron chi connectivity index (χ2n) is 19.4. The lowest BCUT2D eigenvalue weighted by Crippen LogP contribution is -2.62. The summed E-state index contributed by atoms with van der Waals surface area (Å²) < 4.78 is 19.0. The Morgan fingerprint density at radius 3 is 1.38 bits per heavy atom. The lowest BCUT2D eigenvalue weighted by atomic mass is 9.62. The van der Waals surface area contributed by atoms with Gasteiger partial charge in [-0.1, -0.05) is 109 Å². The van der Waals surface area contributed by atoms with Crippen LogP contribution in [0, 0.1) is 13.8 Å². The third-order valence-electron chi connectivity index (χ3n) is 14.2.